The monoisotopic (exact) mass is 321 g/mol. The van der Waals surface area contributed by atoms with Gasteiger partial charge in [0.15, 0.2) is 11.4 Å². The number of fused-ring (bicyclic) bond motifs is 1. The van der Waals surface area contributed by atoms with Crippen molar-refractivity contribution in [1.82, 2.24) is 23.4 Å². The minimum Gasteiger partial charge on any atom is -0.461 e. The van der Waals surface area contributed by atoms with E-state index in [0.717, 1.165) is 23.0 Å². The van der Waals surface area contributed by atoms with Crippen molar-refractivity contribution in [1.29, 1.82) is 0 Å². The number of carbonyl (C=O) groups is 2. The molecule has 3 heterocycles. The van der Waals surface area contributed by atoms with Crippen LogP contribution in [0.15, 0.2) is 6.20 Å². The lowest BCUT2D eigenvalue weighted by Crippen LogP contribution is -2.36. The molecule has 0 aliphatic carbocycles. The smallest absolute Gasteiger partial charge is 0.359 e. The van der Waals surface area contributed by atoms with Crippen LogP contribution in [-0.4, -0.2) is 48.5 Å². The van der Waals surface area contributed by atoms with Crippen LogP contribution in [0.5, 0.6) is 0 Å². The van der Waals surface area contributed by atoms with Crippen molar-refractivity contribution in [2.75, 3.05) is 13.2 Å². The third-order valence-electron chi connectivity index (χ3n) is 3.58. The topological polar surface area (TPSA) is 90.2 Å². The number of aromatic nitrogens is 4. The van der Waals surface area contributed by atoms with E-state index in [1.165, 1.54) is 6.20 Å². The summed E-state index contributed by atoms with van der Waals surface area (Å²) in [5, 5.41) is 4.25. The Bertz CT molecular complexity index is 710. The Balaban J connectivity index is 1.88. The van der Waals surface area contributed by atoms with E-state index in [4.69, 9.17) is 4.74 Å². The van der Waals surface area contributed by atoms with Gasteiger partial charge in [0, 0.05) is 31.3 Å². The van der Waals surface area contributed by atoms with Crippen molar-refractivity contribution < 1.29 is 14.3 Å². The summed E-state index contributed by atoms with van der Waals surface area (Å²) in [6.45, 7) is 2.93. The summed E-state index contributed by atoms with van der Waals surface area (Å²) < 4.78 is 14.5. The summed E-state index contributed by atoms with van der Waals surface area (Å²) in [5.74, 6) is -0.637. The number of aryl methyl sites for hydroxylation is 1. The molecule has 1 aliphatic rings. The summed E-state index contributed by atoms with van der Waals surface area (Å²) in [4.78, 5) is 26.0. The molecule has 0 fully saturated rings. The number of carbonyl (C=O) groups excluding carboxylic acids is 2. The van der Waals surface area contributed by atoms with Crippen LogP contribution >= 0.6 is 11.7 Å². The Morgan fingerprint density at radius 1 is 1.45 bits per heavy atom. The fourth-order valence-electron chi connectivity index (χ4n) is 2.55. The van der Waals surface area contributed by atoms with Crippen molar-refractivity contribution in [2.24, 2.45) is 7.05 Å². The molecule has 0 saturated carbocycles. The number of hydrogen-bond acceptors (Lipinski definition) is 7. The Kier molecular flexibility index (Phi) is 3.88. The zero-order valence-corrected chi connectivity index (χ0v) is 13.1. The Hall–Kier alpha value is -2.29. The summed E-state index contributed by atoms with van der Waals surface area (Å²) in [6.07, 6.45) is 2.10. The predicted molar refractivity (Wildman–Crippen MR) is 77.5 cm³/mol. The van der Waals surface area contributed by atoms with E-state index in [0.29, 0.717) is 25.2 Å². The Morgan fingerprint density at radius 2 is 2.27 bits per heavy atom. The molecule has 0 bridgehead atoms. The van der Waals surface area contributed by atoms with Gasteiger partial charge in [-0.15, -0.1) is 0 Å². The van der Waals surface area contributed by atoms with Gasteiger partial charge >= 0.3 is 5.97 Å². The van der Waals surface area contributed by atoms with Gasteiger partial charge in [0.25, 0.3) is 5.91 Å². The van der Waals surface area contributed by atoms with Gasteiger partial charge in [-0.25, -0.2) is 4.79 Å². The molecule has 0 aromatic carbocycles. The van der Waals surface area contributed by atoms with Crippen molar-refractivity contribution in [3.05, 3.63) is 28.8 Å². The molecule has 22 heavy (non-hydrogen) atoms. The maximum atomic E-state index is 12.4. The number of nitrogens with zero attached hydrogens (tertiary/aromatic N) is 5. The van der Waals surface area contributed by atoms with Gasteiger partial charge in [-0.2, -0.15) is 13.8 Å². The average Bonchev–Trinajstić information content (AvgIpc) is 3.15. The first-order valence-corrected chi connectivity index (χ1v) is 7.63. The quantitative estimate of drug-likeness (QED) is 0.771. The maximum Gasteiger partial charge on any atom is 0.359 e. The molecular formula is C13H15N5O3S. The van der Waals surface area contributed by atoms with Gasteiger partial charge in [-0.3, -0.25) is 9.48 Å². The molecule has 2 aromatic rings. The number of hydrogen-bond donors (Lipinski definition) is 0. The molecule has 0 saturated heterocycles. The van der Waals surface area contributed by atoms with Crippen LogP contribution in [0.3, 0.4) is 0 Å². The Labute approximate surface area is 131 Å². The highest BCUT2D eigenvalue weighted by molar-refractivity contribution is 6.99. The highest BCUT2D eigenvalue weighted by atomic mass is 32.1. The molecule has 0 radical (unpaired) electrons. The van der Waals surface area contributed by atoms with Crippen LogP contribution in [0.4, 0.5) is 0 Å². The van der Waals surface area contributed by atoms with E-state index in [-0.39, 0.29) is 18.2 Å². The molecule has 8 nitrogen and oxygen atoms in total. The van der Waals surface area contributed by atoms with E-state index in [9.17, 15) is 9.59 Å². The molecular weight excluding hydrogens is 306 g/mol. The summed E-state index contributed by atoms with van der Waals surface area (Å²) in [7, 11) is 1.80. The molecule has 116 valence electrons. The lowest BCUT2D eigenvalue weighted by Gasteiger charge is -2.26. The van der Waals surface area contributed by atoms with Crippen molar-refractivity contribution in [3.63, 3.8) is 0 Å². The van der Waals surface area contributed by atoms with Gasteiger partial charge in [-0.05, 0) is 6.92 Å². The van der Waals surface area contributed by atoms with Crippen LogP contribution in [0, 0.1) is 0 Å². The van der Waals surface area contributed by atoms with Crippen LogP contribution < -0.4 is 0 Å². The zero-order valence-electron chi connectivity index (χ0n) is 12.3. The van der Waals surface area contributed by atoms with Gasteiger partial charge in [0.2, 0.25) is 0 Å². The molecule has 0 N–H and O–H groups in total. The molecule has 0 atom stereocenters. The molecule has 2 aromatic heterocycles. The number of esters is 1. The fourth-order valence-corrected chi connectivity index (χ4v) is 2.96. The molecule has 0 spiro atoms. The number of amides is 1. The standard InChI is InChI=1S/C13H15N5O3S/c1-3-21-13(20)11-8-7-18(5-4-10(8)17(2)15-11)12(19)9-6-14-22-16-9/h6H,3-5,7H2,1-2H3. The first-order chi connectivity index (χ1) is 10.6. The van der Waals surface area contributed by atoms with Gasteiger partial charge in [0.1, 0.15) is 0 Å². The normalized spacial score (nSPS) is 13.8. The van der Waals surface area contributed by atoms with Crippen LogP contribution in [0.25, 0.3) is 0 Å². The van der Waals surface area contributed by atoms with E-state index in [2.05, 4.69) is 13.8 Å². The minimum absolute atomic E-state index is 0.182. The van der Waals surface area contributed by atoms with E-state index in [1.54, 1.807) is 23.6 Å². The van der Waals surface area contributed by atoms with Crippen molar-refractivity contribution in [3.8, 4) is 0 Å². The van der Waals surface area contributed by atoms with E-state index >= 15 is 0 Å². The summed E-state index contributed by atoms with van der Waals surface area (Å²) in [5.41, 5.74) is 2.33. The third kappa shape index (κ3) is 2.47. The number of ether oxygens (including phenoxy) is 1. The summed E-state index contributed by atoms with van der Waals surface area (Å²) >= 11 is 0.998. The molecule has 0 unspecified atom stereocenters. The lowest BCUT2D eigenvalue weighted by molar-refractivity contribution is 0.0513. The molecule has 1 aliphatic heterocycles. The van der Waals surface area contributed by atoms with E-state index in [1.807, 2.05) is 0 Å². The average molecular weight is 321 g/mol. The van der Waals surface area contributed by atoms with E-state index < -0.39 is 5.97 Å². The van der Waals surface area contributed by atoms with Gasteiger partial charge in [-0.1, -0.05) is 0 Å². The van der Waals surface area contributed by atoms with Crippen LogP contribution in [0.1, 0.15) is 39.2 Å². The lowest BCUT2D eigenvalue weighted by atomic mass is 10.0. The highest BCUT2D eigenvalue weighted by Gasteiger charge is 2.30. The second kappa shape index (κ2) is 5.84. The third-order valence-corrected chi connectivity index (χ3v) is 4.06. The fraction of sp³-hybridized carbons (Fsp3) is 0.462. The predicted octanol–water partition coefficient (Wildman–Crippen LogP) is 0.647. The summed E-state index contributed by atoms with van der Waals surface area (Å²) in [6, 6.07) is 0. The zero-order chi connectivity index (χ0) is 15.7. The van der Waals surface area contributed by atoms with Crippen LogP contribution in [-0.2, 0) is 24.8 Å². The first kappa shape index (κ1) is 14.6. The maximum absolute atomic E-state index is 12.4. The SMILES string of the molecule is CCOC(=O)c1nn(C)c2c1CN(C(=O)c1cnsn1)CC2. The first-order valence-electron chi connectivity index (χ1n) is 6.90. The molecule has 3 rings (SSSR count). The molecule has 9 heteroatoms. The van der Waals surface area contributed by atoms with Crippen molar-refractivity contribution in [2.45, 2.75) is 19.9 Å². The van der Waals surface area contributed by atoms with Gasteiger partial charge in [0.05, 0.1) is 31.1 Å². The van der Waals surface area contributed by atoms with Gasteiger partial charge < -0.3 is 9.64 Å². The highest BCUT2D eigenvalue weighted by Crippen LogP contribution is 2.23. The minimum atomic E-state index is -0.455. The Morgan fingerprint density at radius 3 is 2.95 bits per heavy atom. The molecule has 1 amide bonds. The van der Waals surface area contributed by atoms with Crippen LogP contribution in [0.2, 0.25) is 0 Å². The second-order valence-electron chi connectivity index (χ2n) is 4.89. The van der Waals surface area contributed by atoms with Crippen molar-refractivity contribution >= 4 is 23.6 Å². The number of rotatable bonds is 3. The largest absolute Gasteiger partial charge is 0.461 e. The second-order valence-corrected chi connectivity index (χ2v) is 5.44.